The normalized spacial score (nSPS) is 12.2. The quantitative estimate of drug-likeness (QED) is 0.938. The molecule has 112 valence electrons. The molecule has 0 saturated heterocycles. The summed E-state index contributed by atoms with van der Waals surface area (Å²) >= 11 is 0. The number of carbonyl (C=O) groups is 1. The van der Waals surface area contributed by atoms with Crippen LogP contribution in [0.3, 0.4) is 0 Å². The second kappa shape index (κ2) is 5.27. The maximum absolute atomic E-state index is 12.2. The number of amides is 1. The number of nitrogens with one attached hydrogen (secondary N) is 1. The highest BCUT2D eigenvalue weighted by atomic mass is 16.5. The summed E-state index contributed by atoms with van der Waals surface area (Å²) in [5.74, 6) is 0.706. The van der Waals surface area contributed by atoms with E-state index in [0.29, 0.717) is 17.4 Å². The molecule has 2 rings (SSSR count). The van der Waals surface area contributed by atoms with Gasteiger partial charge in [0.2, 0.25) is 5.89 Å². The fourth-order valence-corrected chi connectivity index (χ4v) is 1.68. The van der Waals surface area contributed by atoms with Gasteiger partial charge in [0, 0.05) is 11.6 Å². The minimum absolute atomic E-state index is 0.230. The topological polar surface area (TPSA) is 80.9 Å². The lowest BCUT2D eigenvalue weighted by atomic mass is 9.97. The van der Waals surface area contributed by atoms with Crippen LogP contribution in [0.5, 0.6) is 0 Å². The Morgan fingerprint density at radius 2 is 1.90 bits per heavy atom. The van der Waals surface area contributed by atoms with Crippen LogP contribution in [0.1, 0.15) is 56.8 Å². The lowest BCUT2D eigenvalue weighted by molar-refractivity contribution is 0.0902. The first-order chi connectivity index (χ1) is 9.70. The molecular formula is C15H20N4O2. The van der Waals surface area contributed by atoms with E-state index in [9.17, 15) is 4.79 Å². The molecule has 0 aromatic carbocycles. The number of nitrogens with zero attached hydrogens (tertiary/aromatic N) is 3. The molecule has 2 heterocycles. The molecule has 0 radical (unpaired) electrons. The predicted molar refractivity (Wildman–Crippen MR) is 77.7 cm³/mol. The maximum Gasteiger partial charge on any atom is 0.270 e. The largest absolute Gasteiger partial charge is 0.339 e. The number of rotatable bonds is 3. The first-order valence-corrected chi connectivity index (χ1v) is 6.78. The van der Waals surface area contributed by atoms with Gasteiger partial charge in [-0.25, -0.2) is 0 Å². The summed E-state index contributed by atoms with van der Waals surface area (Å²) in [6.45, 7) is 9.62. The fraction of sp³-hybridized carbons (Fsp3) is 0.467. The van der Waals surface area contributed by atoms with Gasteiger partial charge in [0.05, 0.1) is 5.54 Å². The first kappa shape index (κ1) is 15.2. The lowest BCUT2D eigenvalue weighted by Gasteiger charge is -2.22. The zero-order valence-corrected chi connectivity index (χ0v) is 13.0. The number of aromatic nitrogens is 3. The predicted octanol–water partition coefficient (Wildman–Crippen LogP) is 2.43. The molecule has 1 N–H and O–H groups in total. The van der Waals surface area contributed by atoms with E-state index in [1.54, 1.807) is 24.4 Å². The van der Waals surface area contributed by atoms with Gasteiger partial charge in [-0.05, 0) is 26.0 Å². The van der Waals surface area contributed by atoms with Crippen molar-refractivity contribution in [3.8, 4) is 0 Å². The Labute approximate surface area is 124 Å². The summed E-state index contributed by atoms with van der Waals surface area (Å²) in [6, 6.07) is 5.18. The summed E-state index contributed by atoms with van der Waals surface area (Å²) < 4.78 is 5.27. The van der Waals surface area contributed by atoms with E-state index >= 15 is 0 Å². The third kappa shape index (κ3) is 3.45. The van der Waals surface area contributed by atoms with Crippen molar-refractivity contribution in [2.24, 2.45) is 0 Å². The van der Waals surface area contributed by atoms with Gasteiger partial charge >= 0.3 is 0 Å². The molecule has 0 bridgehead atoms. The Morgan fingerprint density at radius 1 is 1.19 bits per heavy atom. The summed E-state index contributed by atoms with van der Waals surface area (Å²) in [7, 11) is 0. The Hall–Kier alpha value is -2.24. The second-order valence-electron chi connectivity index (χ2n) is 6.47. The van der Waals surface area contributed by atoms with Crippen molar-refractivity contribution in [3.63, 3.8) is 0 Å². The van der Waals surface area contributed by atoms with E-state index < -0.39 is 5.54 Å². The van der Waals surface area contributed by atoms with Crippen LogP contribution in [0.4, 0.5) is 0 Å². The minimum Gasteiger partial charge on any atom is -0.339 e. The van der Waals surface area contributed by atoms with E-state index in [-0.39, 0.29) is 11.3 Å². The van der Waals surface area contributed by atoms with Crippen LogP contribution in [0.25, 0.3) is 0 Å². The van der Waals surface area contributed by atoms with E-state index in [4.69, 9.17) is 4.52 Å². The van der Waals surface area contributed by atoms with Crippen molar-refractivity contribution >= 4 is 5.91 Å². The zero-order valence-electron chi connectivity index (χ0n) is 13.0. The zero-order chi connectivity index (χ0) is 15.7. The van der Waals surface area contributed by atoms with Crippen LogP contribution < -0.4 is 5.32 Å². The highest BCUT2D eigenvalue weighted by Gasteiger charge is 2.31. The molecule has 2 aromatic rings. The van der Waals surface area contributed by atoms with E-state index in [1.165, 1.54) is 0 Å². The number of pyridine rings is 1. The van der Waals surface area contributed by atoms with Gasteiger partial charge in [-0.1, -0.05) is 32.0 Å². The Morgan fingerprint density at radius 3 is 2.43 bits per heavy atom. The Kier molecular flexibility index (Phi) is 3.80. The fourth-order valence-electron chi connectivity index (χ4n) is 1.68. The average Bonchev–Trinajstić information content (AvgIpc) is 2.89. The number of hydrogen-bond acceptors (Lipinski definition) is 5. The molecule has 0 fully saturated rings. The summed E-state index contributed by atoms with van der Waals surface area (Å²) in [5.41, 5.74) is -0.626. The number of carbonyl (C=O) groups excluding carboxylic acids is 1. The van der Waals surface area contributed by atoms with Crippen molar-refractivity contribution < 1.29 is 9.32 Å². The smallest absolute Gasteiger partial charge is 0.270 e. The van der Waals surface area contributed by atoms with Crippen LogP contribution in [-0.2, 0) is 11.0 Å². The van der Waals surface area contributed by atoms with E-state index in [2.05, 4.69) is 20.4 Å². The van der Waals surface area contributed by atoms with Crippen LogP contribution in [0, 0.1) is 0 Å². The van der Waals surface area contributed by atoms with Crippen molar-refractivity contribution in [1.29, 1.82) is 0 Å². The highest BCUT2D eigenvalue weighted by Crippen LogP contribution is 2.24. The monoisotopic (exact) mass is 288 g/mol. The van der Waals surface area contributed by atoms with Gasteiger partial charge in [-0.3, -0.25) is 9.78 Å². The highest BCUT2D eigenvalue weighted by molar-refractivity contribution is 5.92. The minimum atomic E-state index is -0.748. The molecule has 21 heavy (non-hydrogen) atoms. The van der Waals surface area contributed by atoms with Crippen molar-refractivity contribution in [2.75, 3.05) is 0 Å². The Bertz CT molecular complexity index is 627. The van der Waals surface area contributed by atoms with Crippen LogP contribution in [0.2, 0.25) is 0 Å². The second-order valence-corrected chi connectivity index (χ2v) is 6.47. The van der Waals surface area contributed by atoms with E-state index in [0.717, 1.165) is 0 Å². The molecular weight excluding hydrogens is 268 g/mol. The number of hydrogen-bond donors (Lipinski definition) is 1. The van der Waals surface area contributed by atoms with Crippen molar-refractivity contribution in [1.82, 2.24) is 20.4 Å². The molecule has 0 atom stereocenters. The summed E-state index contributed by atoms with van der Waals surface area (Å²) in [5, 5.41) is 6.85. The van der Waals surface area contributed by atoms with Crippen LogP contribution in [0.15, 0.2) is 28.9 Å². The van der Waals surface area contributed by atoms with Crippen LogP contribution >= 0.6 is 0 Å². The third-order valence-corrected chi connectivity index (χ3v) is 2.95. The molecule has 0 unspecified atom stereocenters. The molecule has 0 aliphatic carbocycles. The molecule has 6 heteroatoms. The standard InChI is InChI=1S/C15H20N4O2/c1-14(2,3)13-17-12(19-21-13)15(4,5)18-11(20)10-8-6-7-9-16-10/h6-9H,1-5H3,(H,18,20). The van der Waals surface area contributed by atoms with Gasteiger partial charge in [0.25, 0.3) is 5.91 Å². The molecule has 6 nitrogen and oxygen atoms in total. The van der Waals surface area contributed by atoms with Gasteiger partial charge in [0.1, 0.15) is 5.69 Å². The SMILES string of the molecule is CC(C)(C)c1nc(C(C)(C)NC(=O)c2ccccn2)no1. The molecule has 0 aliphatic heterocycles. The summed E-state index contributed by atoms with van der Waals surface area (Å²) in [4.78, 5) is 20.6. The Balaban J connectivity index is 2.18. The van der Waals surface area contributed by atoms with Gasteiger partial charge in [-0.15, -0.1) is 0 Å². The molecule has 0 spiro atoms. The van der Waals surface area contributed by atoms with Crippen LogP contribution in [-0.4, -0.2) is 21.0 Å². The van der Waals surface area contributed by atoms with E-state index in [1.807, 2.05) is 34.6 Å². The maximum atomic E-state index is 12.2. The first-order valence-electron chi connectivity index (χ1n) is 6.78. The molecule has 0 saturated carbocycles. The molecule has 1 amide bonds. The molecule has 0 aliphatic rings. The lowest BCUT2D eigenvalue weighted by Crippen LogP contribution is -2.42. The third-order valence-electron chi connectivity index (χ3n) is 2.95. The molecule has 2 aromatic heterocycles. The van der Waals surface area contributed by atoms with Gasteiger partial charge in [0.15, 0.2) is 5.82 Å². The van der Waals surface area contributed by atoms with Gasteiger partial charge < -0.3 is 9.84 Å². The average molecular weight is 288 g/mol. The van der Waals surface area contributed by atoms with Crippen molar-refractivity contribution in [2.45, 2.75) is 45.6 Å². The summed E-state index contributed by atoms with van der Waals surface area (Å²) in [6.07, 6.45) is 1.58. The van der Waals surface area contributed by atoms with Crippen molar-refractivity contribution in [3.05, 3.63) is 41.8 Å². The van der Waals surface area contributed by atoms with Gasteiger partial charge in [-0.2, -0.15) is 4.98 Å².